The van der Waals surface area contributed by atoms with E-state index in [-0.39, 0.29) is 25.5 Å². The van der Waals surface area contributed by atoms with E-state index in [1.165, 1.54) is 4.90 Å². The van der Waals surface area contributed by atoms with Crippen molar-refractivity contribution in [2.75, 3.05) is 18.1 Å². The zero-order valence-electron chi connectivity index (χ0n) is 12.6. The Morgan fingerprint density at radius 2 is 1.74 bits per heavy atom. The largest absolute Gasteiger partial charge is 0.395 e. The van der Waals surface area contributed by atoms with Crippen molar-refractivity contribution in [1.29, 1.82) is 0 Å². The molecule has 0 aliphatic carbocycles. The Hall–Kier alpha value is -2.25. The van der Waals surface area contributed by atoms with Crippen LogP contribution in [0.3, 0.4) is 0 Å². The third-order valence-electron chi connectivity index (χ3n) is 3.47. The van der Waals surface area contributed by atoms with Gasteiger partial charge in [0.2, 0.25) is 5.91 Å². The van der Waals surface area contributed by atoms with Gasteiger partial charge in [-0.15, -0.1) is 0 Å². The van der Waals surface area contributed by atoms with Crippen LogP contribution in [0.25, 0.3) is 0 Å². The summed E-state index contributed by atoms with van der Waals surface area (Å²) in [5.74, 6) is -0.126. The number of hydroxylamine groups is 1. The summed E-state index contributed by atoms with van der Waals surface area (Å²) < 4.78 is 0. The first kappa shape index (κ1) is 17.1. The number of amides is 1. The van der Waals surface area contributed by atoms with Gasteiger partial charge in [-0.25, -0.2) is 0 Å². The lowest BCUT2D eigenvalue weighted by Crippen LogP contribution is -2.34. The van der Waals surface area contributed by atoms with Crippen LogP contribution in [-0.4, -0.2) is 34.5 Å². The molecule has 2 rings (SSSR count). The SMILES string of the molecule is O=C(Cc1ccc(C(O)NO)cc1)N(CCO)c1ccccc1. The third kappa shape index (κ3) is 4.61. The van der Waals surface area contributed by atoms with Gasteiger partial charge >= 0.3 is 0 Å². The van der Waals surface area contributed by atoms with Crippen LogP contribution in [0.4, 0.5) is 5.69 Å². The number of carbonyl (C=O) groups excluding carboxylic acids is 1. The lowest BCUT2D eigenvalue weighted by atomic mass is 10.1. The number of hydrogen-bond donors (Lipinski definition) is 4. The number of hydrogen-bond acceptors (Lipinski definition) is 5. The van der Waals surface area contributed by atoms with Crippen LogP contribution >= 0.6 is 0 Å². The molecule has 4 N–H and O–H groups in total. The van der Waals surface area contributed by atoms with E-state index >= 15 is 0 Å². The van der Waals surface area contributed by atoms with E-state index in [1.807, 2.05) is 30.3 Å². The van der Waals surface area contributed by atoms with Crippen LogP contribution in [0.2, 0.25) is 0 Å². The molecule has 0 aliphatic heterocycles. The lowest BCUT2D eigenvalue weighted by molar-refractivity contribution is -0.118. The summed E-state index contributed by atoms with van der Waals surface area (Å²) in [7, 11) is 0. The second-order valence-electron chi connectivity index (χ2n) is 5.05. The molecule has 23 heavy (non-hydrogen) atoms. The average Bonchev–Trinajstić information content (AvgIpc) is 2.60. The van der Waals surface area contributed by atoms with Crippen molar-refractivity contribution in [3.8, 4) is 0 Å². The van der Waals surface area contributed by atoms with Gasteiger partial charge in [0.05, 0.1) is 13.0 Å². The van der Waals surface area contributed by atoms with E-state index < -0.39 is 6.23 Å². The van der Waals surface area contributed by atoms with Gasteiger partial charge in [-0.2, -0.15) is 5.48 Å². The quantitative estimate of drug-likeness (QED) is 0.455. The molecule has 122 valence electrons. The van der Waals surface area contributed by atoms with Crippen LogP contribution in [0.1, 0.15) is 17.4 Å². The van der Waals surface area contributed by atoms with Gasteiger partial charge in [0.1, 0.15) is 0 Å². The predicted octanol–water partition coefficient (Wildman–Crippen LogP) is 1.22. The van der Waals surface area contributed by atoms with Gasteiger partial charge < -0.3 is 20.3 Å². The van der Waals surface area contributed by atoms with Gasteiger partial charge in [-0.05, 0) is 23.3 Å². The van der Waals surface area contributed by atoms with Crippen molar-refractivity contribution in [3.63, 3.8) is 0 Å². The zero-order valence-corrected chi connectivity index (χ0v) is 12.6. The topological polar surface area (TPSA) is 93.0 Å². The number of rotatable bonds is 7. The van der Waals surface area contributed by atoms with Crippen molar-refractivity contribution in [2.24, 2.45) is 0 Å². The van der Waals surface area contributed by atoms with Crippen molar-refractivity contribution in [2.45, 2.75) is 12.6 Å². The molecule has 1 unspecified atom stereocenters. The summed E-state index contributed by atoms with van der Waals surface area (Å²) in [6.45, 7) is 0.113. The van der Waals surface area contributed by atoms with Crippen LogP contribution in [0.5, 0.6) is 0 Å². The molecule has 2 aromatic rings. The molecule has 6 nitrogen and oxygen atoms in total. The molecule has 0 saturated carbocycles. The molecule has 0 aromatic heterocycles. The molecular weight excluding hydrogens is 296 g/mol. The normalized spacial score (nSPS) is 12.0. The molecule has 0 bridgehead atoms. The number of aliphatic hydroxyl groups is 2. The fourth-order valence-electron chi connectivity index (χ4n) is 2.27. The molecule has 0 aliphatic rings. The van der Waals surface area contributed by atoms with E-state index in [9.17, 15) is 15.0 Å². The molecule has 0 saturated heterocycles. The van der Waals surface area contributed by atoms with Gasteiger partial charge in [0.15, 0.2) is 6.23 Å². The molecule has 0 radical (unpaired) electrons. The second-order valence-corrected chi connectivity index (χ2v) is 5.05. The molecule has 0 fully saturated rings. The number of aliphatic hydroxyl groups excluding tert-OH is 2. The fourth-order valence-corrected chi connectivity index (χ4v) is 2.27. The summed E-state index contributed by atoms with van der Waals surface area (Å²) >= 11 is 0. The maximum absolute atomic E-state index is 12.5. The first-order valence-electron chi connectivity index (χ1n) is 7.28. The minimum atomic E-state index is -1.16. The van der Waals surface area contributed by atoms with E-state index in [0.29, 0.717) is 5.56 Å². The Labute approximate surface area is 134 Å². The molecule has 0 spiro atoms. The highest BCUT2D eigenvalue weighted by atomic mass is 16.5. The van der Waals surface area contributed by atoms with E-state index in [0.717, 1.165) is 11.3 Å². The maximum atomic E-state index is 12.5. The predicted molar refractivity (Wildman–Crippen MR) is 85.9 cm³/mol. The van der Waals surface area contributed by atoms with Gasteiger partial charge in [0.25, 0.3) is 0 Å². The monoisotopic (exact) mass is 316 g/mol. The van der Waals surface area contributed by atoms with E-state index in [4.69, 9.17) is 5.21 Å². The maximum Gasteiger partial charge on any atom is 0.231 e. The van der Waals surface area contributed by atoms with Gasteiger partial charge in [-0.3, -0.25) is 4.79 Å². The van der Waals surface area contributed by atoms with E-state index in [1.54, 1.807) is 29.7 Å². The summed E-state index contributed by atoms with van der Waals surface area (Å²) in [4.78, 5) is 14.0. The summed E-state index contributed by atoms with van der Waals surface area (Å²) in [6.07, 6.45) is -0.979. The molecule has 2 aromatic carbocycles. The Balaban J connectivity index is 2.09. The average molecular weight is 316 g/mol. The highest BCUT2D eigenvalue weighted by Gasteiger charge is 2.15. The van der Waals surface area contributed by atoms with Crippen molar-refractivity contribution in [1.82, 2.24) is 5.48 Å². The summed E-state index contributed by atoms with van der Waals surface area (Å²) in [6, 6.07) is 15.9. The van der Waals surface area contributed by atoms with Gasteiger partial charge in [0, 0.05) is 12.2 Å². The highest BCUT2D eigenvalue weighted by molar-refractivity contribution is 5.94. The molecular formula is C17H20N2O4. The lowest BCUT2D eigenvalue weighted by Gasteiger charge is -2.22. The standard InChI is InChI=1S/C17H20N2O4/c20-11-10-19(15-4-2-1-3-5-15)16(21)12-13-6-8-14(9-7-13)17(22)18-23/h1-9,17-18,20,22-23H,10-12H2. The van der Waals surface area contributed by atoms with Crippen LogP contribution in [0.15, 0.2) is 54.6 Å². The number of nitrogens with zero attached hydrogens (tertiary/aromatic N) is 1. The number of benzene rings is 2. The number of carbonyl (C=O) groups is 1. The number of para-hydroxylation sites is 1. The fraction of sp³-hybridized carbons (Fsp3) is 0.235. The Morgan fingerprint density at radius 1 is 1.09 bits per heavy atom. The highest BCUT2D eigenvalue weighted by Crippen LogP contribution is 2.16. The third-order valence-corrected chi connectivity index (χ3v) is 3.47. The van der Waals surface area contributed by atoms with Crippen LogP contribution < -0.4 is 10.4 Å². The number of nitrogens with one attached hydrogen (secondary N) is 1. The minimum Gasteiger partial charge on any atom is -0.395 e. The molecule has 1 amide bonds. The summed E-state index contributed by atoms with van der Waals surface area (Å²) in [5.41, 5.74) is 3.77. The Bertz CT molecular complexity index is 616. The smallest absolute Gasteiger partial charge is 0.231 e. The van der Waals surface area contributed by atoms with Gasteiger partial charge in [-0.1, -0.05) is 42.5 Å². The Kier molecular flexibility index (Phi) is 6.25. The van der Waals surface area contributed by atoms with Crippen molar-refractivity contribution in [3.05, 3.63) is 65.7 Å². The summed E-state index contributed by atoms with van der Waals surface area (Å²) in [5, 5.41) is 27.3. The van der Waals surface area contributed by atoms with Crippen LogP contribution in [-0.2, 0) is 11.2 Å². The van der Waals surface area contributed by atoms with E-state index in [2.05, 4.69) is 0 Å². The molecule has 6 heteroatoms. The van der Waals surface area contributed by atoms with Crippen LogP contribution in [0, 0.1) is 0 Å². The van der Waals surface area contributed by atoms with Crippen molar-refractivity contribution < 1.29 is 20.2 Å². The minimum absolute atomic E-state index is 0.117. The first-order chi connectivity index (χ1) is 11.2. The second kappa shape index (κ2) is 8.40. The molecule has 0 heterocycles. The first-order valence-corrected chi connectivity index (χ1v) is 7.28. The zero-order chi connectivity index (χ0) is 16.7. The molecule has 1 atom stereocenters. The number of anilines is 1. The van der Waals surface area contributed by atoms with Crippen molar-refractivity contribution >= 4 is 11.6 Å². The Morgan fingerprint density at radius 3 is 2.30 bits per heavy atom.